The monoisotopic (exact) mass is 676 g/mol. The third-order valence-corrected chi connectivity index (χ3v) is 10.6. The van der Waals surface area contributed by atoms with E-state index in [9.17, 15) is 18.6 Å². The van der Waals surface area contributed by atoms with Crippen LogP contribution in [0, 0.1) is 10.2 Å². The third-order valence-electron chi connectivity index (χ3n) is 8.32. The number of rotatable bonds is 7. The fourth-order valence-corrected chi connectivity index (χ4v) is 8.33. The molecule has 0 spiro atoms. The molecule has 10 nitrogen and oxygen atoms in total. The van der Waals surface area contributed by atoms with Crippen LogP contribution in [0.25, 0.3) is 10.9 Å². The number of nitrogens with zero attached hydrogens (tertiary/aromatic N) is 4. The standard InChI is InChI=1S/C32H33BrN6O4S/c1-20(27-14-21-16-35-12-11-26(21)39(27)44(34,43)24-7-5-4-6-8-24)36-30(41)28-15-32(2,3)19-38(28)29(40)18-37-17-22-13-23(33)9-10-25(22)31(37)42/h4-14,16,20,28,34H,15,17-19H2,1-3H3,(H,36,41)/t20-,28+,44?/m1/s1. The van der Waals surface area contributed by atoms with Gasteiger partial charge in [-0.3, -0.25) is 23.3 Å². The van der Waals surface area contributed by atoms with Crippen LogP contribution in [0.5, 0.6) is 0 Å². The van der Waals surface area contributed by atoms with Gasteiger partial charge < -0.3 is 15.1 Å². The average Bonchev–Trinajstić information content (AvgIpc) is 3.64. The first-order valence-electron chi connectivity index (χ1n) is 14.3. The van der Waals surface area contributed by atoms with E-state index in [0.29, 0.717) is 46.6 Å². The van der Waals surface area contributed by atoms with Crippen molar-refractivity contribution in [3.8, 4) is 0 Å². The topological polar surface area (TPSA) is 128 Å². The summed E-state index contributed by atoms with van der Waals surface area (Å²) in [6.45, 7) is 6.38. The maximum atomic E-state index is 14.1. The molecule has 1 unspecified atom stereocenters. The summed E-state index contributed by atoms with van der Waals surface area (Å²) < 4.78 is 25.4. The highest BCUT2D eigenvalue weighted by Crippen LogP contribution is 2.36. The van der Waals surface area contributed by atoms with Gasteiger partial charge in [-0.2, -0.15) is 0 Å². The molecule has 6 rings (SSSR count). The Morgan fingerprint density at radius 2 is 1.91 bits per heavy atom. The number of aromatic nitrogens is 2. The van der Waals surface area contributed by atoms with Gasteiger partial charge in [0.2, 0.25) is 11.8 Å². The number of nitrogens with one attached hydrogen (secondary N) is 2. The smallest absolute Gasteiger partial charge is 0.254 e. The van der Waals surface area contributed by atoms with E-state index in [2.05, 4.69) is 26.2 Å². The second kappa shape index (κ2) is 11.2. The molecule has 0 radical (unpaired) electrons. The molecule has 2 N–H and O–H groups in total. The van der Waals surface area contributed by atoms with Crippen LogP contribution in [0.1, 0.15) is 54.8 Å². The number of carbonyl (C=O) groups excluding carboxylic acids is 3. The minimum atomic E-state index is -3.51. The Kier molecular flexibility index (Phi) is 7.61. The lowest BCUT2D eigenvalue weighted by Crippen LogP contribution is -2.49. The van der Waals surface area contributed by atoms with E-state index >= 15 is 0 Å². The zero-order valence-electron chi connectivity index (χ0n) is 24.6. The van der Waals surface area contributed by atoms with Gasteiger partial charge in [-0.25, -0.2) is 8.99 Å². The Balaban J connectivity index is 1.25. The number of likely N-dealkylation sites (tertiary alicyclic amines) is 1. The number of hydrogen-bond donors (Lipinski definition) is 2. The summed E-state index contributed by atoms with van der Waals surface area (Å²) in [6, 6.07) is 16.1. The van der Waals surface area contributed by atoms with Gasteiger partial charge in [-0.1, -0.05) is 48.0 Å². The third kappa shape index (κ3) is 5.41. The normalized spacial score (nSPS) is 19.5. The van der Waals surface area contributed by atoms with Gasteiger partial charge in [0.1, 0.15) is 12.6 Å². The molecule has 1 saturated heterocycles. The van der Waals surface area contributed by atoms with Crippen molar-refractivity contribution in [3.05, 3.63) is 94.4 Å². The van der Waals surface area contributed by atoms with E-state index < -0.39 is 22.0 Å². The molecule has 2 aromatic heterocycles. The quantitative estimate of drug-likeness (QED) is 0.281. The molecule has 0 aliphatic carbocycles. The van der Waals surface area contributed by atoms with Gasteiger partial charge in [0.25, 0.3) is 5.91 Å². The second-order valence-corrected chi connectivity index (χ2v) is 15.0. The van der Waals surface area contributed by atoms with E-state index in [0.717, 1.165) is 10.0 Å². The molecule has 44 heavy (non-hydrogen) atoms. The summed E-state index contributed by atoms with van der Waals surface area (Å²) in [5.41, 5.74) is 2.19. The molecular formula is C32H33BrN6O4S. The minimum Gasteiger partial charge on any atom is -0.346 e. The van der Waals surface area contributed by atoms with Crippen molar-refractivity contribution in [3.63, 3.8) is 0 Å². The molecule has 4 heterocycles. The van der Waals surface area contributed by atoms with Crippen molar-refractivity contribution >= 4 is 54.5 Å². The van der Waals surface area contributed by atoms with Crippen molar-refractivity contribution < 1.29 is 18.6 Å². The lowest BCUT2D eigenvalue weighted by Gasteiger charge is -2.28. The Morgan fingerprint density at radius 1 is 1.16 bits per heavy atom. The predicted octanol–water partition coefficient (Wildman–Crippen LogP) is 5.13. The van der Waals surface area contributed by atoms with Crippen LogP contribution in [-0.2, 0) is 26.0 Å². The van der Waals surface area contributed by atoms with Gasteiger partial charge in [0.05, 0.1) is 22.1 Å². The highest BCUT2D eigenvalue weighted by Gasteiger charge is 2.45. The van der Waals surface area contributed by atoms with Gasteiger partial charge >= 0.3 is 0 Å². The molecule has 4 aromatic rings. The summed E-state index contributed by atoms with van der Waals surface area (Å²) in [6.07, 6.45) is 3.67. The summed E-state index contributed by atoms with van der Waals surface area (Å²) in [5, 5.41) is 3.74. The lowest BCUT2D eigenvalue weighted by atomic mass is 9.90. The summed E-state index contributed by atoms with van der Waals surface area (Å²) >= 11 is 3.44. The van der Waals surface area contributed by atoms with Gasteiger partial charge in [-0.15, -0.1) is 0 Å². The molecule has 2 aliphatic rings. The number of amides is 3. The lowest BCUT2D eigenvalue weighted by molar-refractivity contribution is -0.139. The Labute approximate surface area is 264 Å². The second-order valence-electron chi connectivity index (χ2n) is 12.2. The van der Waals surface area contributed by atoms with Crippen molar-refractivity contribution in [1.82, 2.24) is 24.1 Å². The first-order valence-corrected chi connectivity index (χ1v) is 16.6. The van der Waals surface area contributed by atoms with Gasteiger partial charge in [0, 0.05) is 40.9 Å². The molecule has 1 fully saturated rings. The molecule has 3 amide bonds. The molecule has 3 atom stereocenters. The number of benzene rings is 2. The van der Waals surface area contributed by atoms with Crippen LogP contribution in [0.4, 0.5) is 0 Å². The highest BCUT2D eigenvalue weighted by molar-refractivity contribution is 9.10. The van der Waals surface area contributed by atoms with Crippen LogP contribution in [0.3, 0.4) is 0 Å². The number of hydrogen-bond acceptors (Lipinski definition) is 6. The minimum absolute atomic E-state index is 0.125. The summed E-state index contributed by atoms with van der Waals surface area (Å²) in [4.78, 5) is 48.1. The summed E-state index contributed by atoms with van der Waals surface area (Å²) in [5.74, 6) is -0.835. The Hall–Kier alpha value is -4.03. The van der Waals surface area contributed by atoms with Gasteiger partial charge in [0.15, 0.2) is 9.92 Å². The Morgan fingerprint density at radius 3 is 2.66 bits per heavy atom. The molecule has 0 saturated carbocycles. The molecule has 2 aromatic carbocycles. The zero-order valence-corrected chi connectivity index (χ0v) is 27.0. The zero-order chi connectivity index (χ0) is 31.4. The SMILES string of the molecule is C[C@@H](NC(=O)[C@@H]1CC(C)(C)CN1C(=O)CN1Cc2cc(Br)ccc2C1=O)c1cc2cnccc2n1S(=N)(=O)c1ccccc1. The molecule has 228 valence electrons. The first kappa shape index (κ1) is 30.0. The molecule has 2 aliphatic heterocycles. The van der Waals surface area contributed by atoms with E-state index in [1.54, 1.807) is 72.7 Å². The van der Waals surface area contributed by atoms with Crippen molar-refractivity contribution in [2.75, 3.05) is 13.1 Å². The van der Waals surface area contributed by atoms with Crippen LogP contribution in [0.15, 0.2) is 82.4 Å². The van der Waals surface area contributed by atoms with E-state index in [1.165, 1.54) is 8.87 Å². The fourth-order valence-electron chi connectivity index (χ4n) is 6.23. The average molecular weight is 678 g/mol. The van der Waals surface area contributed by atoms with Crippen LogP contribution in [0.2, 0.25) is 0 Å². The number of halogens is 1. The highest BCUT2D eigenvalue weighted by atomic mass is 79.9. The maximum Gasteiger partial charge on any atom is 0.254 e. The molecular weight excluding hydrogens is 644 g/mol. The van der Waals surface area contributed by atoms with Crippen LogP contribution in [-0.4, -0.2) is 59.8 Å². The van der Waals surface area contributed by atoms with E-state index in [-0.39, 0.29) is 29.7 Å². The van der Waals surface area contributed by atoms with E-state index in [4.69, 9.17) is 4.78 Å². The summed E-state index contributed by atoms with van der Waals surface area (Å²) in [7, 11) is -3.51. The number of fused-ring (bicyclic) bond motifs is 2. The largest absolute Gasteiger partial charge is 0.346 e. The Bertz CT molecular complexity index is 1910. The van der Waals surface area contributed by atoms with Crippen molar-refractivity contribution in [2.24, 2.45) is 5.41 Å². The van der Waals surface area contributed by atoms with Gasteiger partial charge in [-0.05, 0) is 66.8 Å². The van der Waals surface area contributed by atoms with Crippen LogP contribution < -0.4 is 5.32 Å². The van der Waals surface area contributed by atoms with Crippen LogP contribution >= 0.6 is 15.9 Å². The maximum absolute atomic E-state index is 14.1. The predicted molar refractivity (Wildman–Crippen MR) is 170 cm³/mol. The van der Waals surface area contributed by atoms with Crippen molar-refractivity contribution in [1.29, 1.82) is 4.78 Å². The molecule has 12 heteroatoms. The van der Waals surface area contributed by atoms with E-state index in [1.807, 2.05) is 26.0 Å². The number of pyridine rings is 1. The number of carbonyl (C=O) groups is 3. The molecule has 0 bridgehead atoms. The first-order chi connectivity index (χ1) is 20.9. The fraction of sp³-hybridized carbons (Fsp3) is 0.312. The van der Waals surface area contributed by atoms with Crippen molar-refractivity contribution in [2.45, 2.75) is 50.7 Å².